The van der Waals surface area contributed by atoms with E-state index in [-0.39, 0.29) is 5.92 Å². The first-order valence-electron chi connectivity index (χ1n) is 5.15. The Kier molecular flexibility index (Phi) is 4.31. The molecule has 1 rings (SSSR count). The summed E-state index contributed by atoms with van der Waals surface area (Å²) in [5.41, 5.74) is 0.804. The van der Waals surface area contributed by atoms with Crippen LogP contribution in [0.25, 0.3) is 0 Å². The van der Waals surface area contributed by atoms with Gasteiger partial charge in [-0.3, -0.25) is 0 Å². The standard InChI is InChI=1S/C12H16O4/c1-3-10(11(13)12(14)15)8-4-6-9(16-2)7-5-8/h4-7,10-11,13H,3H2,1-2H3,(H,14,15)/t10?,11-/m1/s1. The van der Waals surface area contributed by atoms with Gasteiger partial charge in [-0.15, -0.1) is 0 Å². The molecule has 0 aromatic heterocycles. The summed E-state index contributed by atoms with van der Waals surface area (Å²) in [6.07, 6.45) is -0.793. The maximum Gasteiger partial charge on any atom is 0.333 e. The lowest BCUT2D eigenvalue weighted by molar-refractivity contribution is -0.147. The Hall–Kier alpha value is -1.55. The minimum absolute atomic E-state index is 0.386. The van der Waals surface area contributed by atoms with Gasteiger partial charge in [0.05, 0.1) is 7.11 Å². The number of ether oxygens (including phenoxy) is 1. The highest BCUT2D eigenvalue weighted by atomic mass is 16.5. The van der Waals surface area contributed by atoms with Crippen molar-refractivity contribution in [2.24, 2.45) is 0 Å². The minimum atomic E-state index is -1.36. The normalized spacial score (nSPS) is 14.2. The number of benzene rings is 1. The fourth-order valence-electron chi connectivity index (χ4n) is 1.66. The second-order valence-corrected chi connectivity index (χ2v) is 3.57. The third-order valence-corrected chi connectivity index (χ3v) is 2.62. The molecule has 4 nitrogen and oxygen atoms in total. The Morgan fingerprint density at radius 2 is 1.94 bits per heavy atom. The van der Waals surface area contributed by atoms with Crippen LogP contribution in [0.1, 0.15) is 24.8 Å². The number of methoxy groups -OCH3 is 1. The number of rotatable bonds is 5. The van der Waals surface area contributed by atoms with Crippen LogP contribution in [0.3, 0.4) is 0 Å². The molecule has 0 amide bonds. The molecular weight excluding hydrogens is 208 g/mol. The Morgan fingerprint density at radius 1 is 1.38 bits per heavy atom. The first-order valence-corrected chi connectivity index (χ1v) is 5.15. The van der Waals surface area contributed by atoms with Crippen molar-refractivity contribution in [3.8, 4) is 5.75 Å². The van der Waals surface area contributed by atoms with E-state index in [2.05, 4.69) is 0 Å². The van der Waals surface area contributed by atoms with E-state index in [0.29, 0.717) is 12.2 Å². The van der Waals surface area contributed by atoms with Gasteiger partial charge in [-0.05, 0) is 24.1 Å². The molecule has 0 saturated carbocycles. The summed E-state index contributed by atoms with van der Waals surface area (Å²) >= 11 is 0. The zero-order valence-electron chi connectivity index (χ0n) is 9.38. The Balaban J connectivity index is 2.90. The lowest BCUT2D eigenvalue weighted by atomic mass is 9.91. The smallest absolute Gasteiger partial charge is 0.333 e. The number of carbonyl (C=O) groups is 1. The summed E-state index contributed by atoms with van der Waals surface area (Å²) in [7, 11) is 1.57. The highest BCUT2D eigenvalue weighted by molar-refractivity contribution is 5.73. The Labute approximate surface area is 94.5 Å². The predicted octanol–water partition coefficient (Wildman–Crippen LogP) is 1.63. The number of aliphatic hydroxyl groups excluding tert-OH is 1. The molecule has 2 atom stereocenters. The minimum Gasteiger partial charge on any atom is -0.497 e. The summed E-state index contributed by atoms with van der Waals surface area (Å²) < 4.78 is 5.01. The van der Waals surface area contributed by atoms with Crippen molar-refractivity contribution < 1.29 is 19.7 Å². The number of carboxylic acids is 1. The fourth-order valence-corrected chi connectivity index (χ4v) is 1.66. The zero-order chi connectivity index (χ0) is 12.1. The van der Waals surface area contributed by atoms with Gasteiger partial charge in [-0.2, -0.15) is 0 Å². The van der Waals surface area contributed by atoms with Crippen LogP contribution in [0, 0.1) is 0 Å². The molecule has 0 bridgehead atoms. The second kappa shape index (κ2) is 5.51. The summed E-state index contributed by atoms with van der Waals surface area (Å²) in [4.78, 5) is 10.7. The van der Waals surface area contributed by atoms with Gasteiger partial charge in [0.25, 0.3) is 0 Å². The average Bonchev–Trinajstić information content (AvgIpc) is 2.30. The van der Waals surface area contributed by atoms with Crippen LogP contribution >= 0.6 is 0 Å². The summed E-state index contributed by atoms with van der Waals surface area (Å²) in [6, 6.07) is 7.07. The van der Waals surface area contributed by atoms with Crippen molar-refractivity contribution >= 4 is 5.97 Å². The van der Waals surface area contributed by atoms with Gasteiger partial charge >= 0.3 is 5.97 Å². The van der Waals surface area contributed by atoms with Crippen molar-refractivity contribution in [2.45, 2.75) is 25.4 Å². The number of hydrogen-bond donors (Lipinski definition) is 2. The van der Waals surface area contributed by atoms with Crippen molar-refractivity contribution in [2.75, 3.05) is 7.11 Å². The first kappa shape index (κ1) is 12.5. The van der Waals surface area contributed by atoms with E-state index in [1.807, 2.05) is 6.92 Å². The number of aliphatic hydroxyl groups is 1. The Morgan fingerprint density at radius 3 is 2.31 bits per heavy atom. The molecule has 0 fully saturated rings. The van der Waals surface area contributed by atoms with Gasteiger partial charge in [0.15, 0.2) is 6.10 Å². The van der Waals surface area contributed by atoms with E-state index in [4.69, 9.17) is 9.84 Å². The van der Waals surface area contributed by atoms with Gasteiger partial charge < -0.3 is 14.9 Å². The van der Waals surface area contributed by atoms with Gasteiger partial charge in [0, 0.05) is 5.92 Å². The van der Waals surface area contributed by atoms with E-state index in [9.17, 15) is 9.90 Å². The summed E-state index contributed by atoms with van der Waals surface area (Å²) in [6.45, 7) is 1.85. The maximum absolute atomic E-state index is 10.7. The summed E-state index contributed by atoms with van der Waals surface area (Å²) in [5, 5.41) is 18.3. The molecule has 0 aliphatic heterocycles. The number of carboxylic acid groups (broad SMARTS) is 1. The molecule has 0 spiro atoms. The van der Waals surface area contributed by atoms with Crippen molar-refractivity contribution in [1.29, 1.82) is 0 Å². The van der Waals surface area contributed by atoms with Crippen LogP contribution in [-0.2, 0) is 4.79 Å². The highest BCUT2D eigenvalue weighted by Crippen LogP contribution is 2.25. The first-order chi connectivity index (χ1) is 7.60. The average molecular weight is 224 g/mol. The van der Waals surface area contributed by atoms with Crippen LogP contribution in [-0.4, -0.2) is 29.4 Å². The van der Waals surface area contributed by atoms with E-state index < -0.39 is 12.1 Å². The molecule has 16 heavy (non-hydrogen) atoms. The summed E-state index contributed by atoms with van der Waals surface area (Å²) in [5.74, 6) is -0.866. The van der Waals surface area contributed by atoms with E-state index in [0.717, 1.165) is 5.56 Å². The van der Waals surface area contributed by atoms with Gasteiger partial charge in [0.2, 0.25) is 0 Å². The topological polar surface area (TPSA) is 66.8 Å². The number of aliphatic carboxylic acids is 1. The molecule has 1 aromatic rings. The van der Waals surface area contributed by atoms with Crippen LogP contribution in [0.15, 0.2) is 24.3 Å². The SMILES string of the molecule is CCC(c1ccc(OC)cc1)[C@@H](O)C(=O)O. The van der Waals surface area contributed by atoms with Gasteiger partial charge in [-0.25, -0.2) is 4.79 Å². The third-order valence-electron chi connectivity index (χ3n) is 2.62. The largest absolute Gasteiger partial charge is 0.497 e. The molecule has 0 heterocycles. The van der Waals surface area contributed by atoms with Crippen LogP contribution in [0.5, 0.6) is 5.75 Å². The van der Waals surface area contributed by atoms with Crippen molar-refractivity contribution in [1.82, 2.24) is 0 Å². The van der Waals surface area contributed by atoms with Gasteiger partial charge in [0.1, 0.15) is 5.75 Å². The number of hydrogen-bond acceptors (Lipinski definition) is 3. The van der Waals surface area contributed by atoms with E-state index >= 15 is 0 Å². The molecule has 1 unspecified atom stereocenters. The molecule has 4 heteroatoms. The molecule has 0 radical (unpaired) electrons. The van der Waals surface area contributed by atoms with Gasteiger partial charge in [-0.1, -0.05) is 19.1 Å². The Bertz CT molecular complexity index is 345. The maximum atomic E-state index is 10.7. The van der Waals surface area contributed by atoms with E-state index in [1.165, 1.54) is 0 Å². The van der Waals surface area contributed by atoms with Crippen LogP contribution in [0.2, 0.25) is 0 Å². The second-order valence-electron chi connectivity index (χ2n) is 3.57. The lowest BCUT2D eigenvalue weighted by Crippen LogP contribution is -2.27. The van der Waals surface area contributed by atoms with Crippen LogP contribution in [0.4, 0.5) is 0 Å². The predicted molar refractivity (Wildman–Crippen MR) is 59.7 cm³/mol. The fraction of sp³-hybridized carbons (Fsp3) is 0.417. The van der Waals surface area contributed by atoms with E-state index in [1.54, 1.807) is 31.4 Å². The van der Waals surface area contributed by atoms with Crippen molar-refractivity contribution in [3.63, 3.8) is 0 Å². The molecule has 2 N–H and O–H groups in total. The monoisotopic (exact) mass is 224 g/mol. The molecule has 1 aromatic carbocycles. The molecule has 88 valence electrons. The van der Waals surface area contributed by atoms with Crippen LogP contribution < -0.4 is 4.74 Å². The molecule has 0 aliphatic rings. The molecule has 0 aliphatic carbocycles. The quantitative estimate of drug-likeness (QED) is 0.797. The molecular formula is C12H16O4. The third kappa shape index (κ3) is 2.73. The van der Waals surface area contributed by atoms with Crippen molar-refractivity contribution in [3.05, 3.63) is 29.8 Å². The molecule has 0 saturated heterocycles. The lowest BCUT2D eigenvalue weighted by Gasteiger charge is -2.18. The zero-order valence-corrected chi connectivity index (χ0v) is 9.38. The highest BCUT2D eigenvalue weighted by Gasteiger charge is 2.25.